The summed E-state index contributed by atoms with van der Waals surface area (Å²) in [5.74, 6) is 0. The molecule has 58 heavy (non-hydrogen) atoms. The van der Waals surface area contributed by atoms with Gasteiger partial charge in [-0.25, -0.2) is 0 Å². The maximum atomic E-state index is 6.90. The summed E-state index contributed by atoms with van der Waals surface area (Å²) in [4.78, 5) is 2.39. The van der Waals surface area contributed by atoms with Crippen LogP contribution in [0.2, 0.25) is 0 Å². The van der Waals surface area contributed by atoms with Crippen molar-refractivity contribution in [2.24, 2.45) is 0 Å². The molecule has 0 aliphatic heterocycles. The Morgan fingerprint density at radius 2 is 0.862 bits per heavy atom. The van der Waals surface area contributed by atoms with Gasteiger partial charge in [0.15, 0.2) is 0 Å². The Balaban J connectivity index is 1.11. The second-order valence-electron chi connectivity index (χ2n) is 14.9. The Labute approximate surface area is 337 Å². The molecule has 0 aliphatic carbocycles. The molecule has 0 saturated carbocycles. The van der Waals surface area contributed by atoms with Gasteiger partial charge in [-0.2, -0.15) is 0 Å². The molecular weight excluding hydrogens is 703 g/mol. The van der Waals surface area contributed by atoms with E-state index in [1.165, 1.54) is 55.3 Å². The van der Waals surface area contributed by atoms with E-state index in [2.05, 4.69) is 229 Å². The zero-order chi connectivity index (χ0) is 38.4. The monoisotopic (exact) mass is 739 g/mol. The summed E-state index contributed by atoms with van der Waals surface area (Å²) in [5.41, 5.74) is 14.5. The fraction of sp³-hybridized carbons (Fsp3) is 0. The van der Waals surface area contributed by atoms with E-state index in [9.17, 15) is 0 Å². The number of fused-ring (bicyclic) bond motifs is 6. The van der Waals surface area contributed by atoms with Crippen LogP contribution in [0.1, 0.15) is 0 Å². The highest BCUT2D eigenvalue weighted by Gasteiger charge is 2.23. The minimum absolute atomic E-state index is 0.854. The van der Waals surface area contributed by atoms with Crippen molar-refractivity contribution in [2.45, 2.75) is 0 Å². The molecule has 0 N–H and O–H groups in total. The molecule has 0 fully saturated rings. The number of benzene rings is 10. The summed E-state index contributed by atoms with van der Waals surface area (Å²) in [6.07, 6.45) is 0. The number of rotatable bonds is 7. The highest BCUT2D eigenvalue weighted by Crippen LogP contribution is 2.47. The maximum Gasteiger partial charge on any atom is 0.143 e. The van der Waals surface area contributed by atoms with Gasteiger partial charge in [-0.3, -0.25) is 0 Å². The van der Waals surface area contributed by atoms with Crippen molar-refractivity contribution >= 4 is 60.5 Å². The third-order valence-electron chi connectivity index (χ3n) is 11.5. The van der Waals surface area contributed by atoms with E-state index in [0.717, 1.165) is 49.8 Å². The molecule has 0 amide bonds. The largest absolute Gasteiger partial charge is 0.455 e. The van der Waals surface area contributed by atoms with E-state index in [4.69, 9.17) is 4.42 Å². The van der Waals surface area contributed by atoms with Gasteiger partial charge in [0, 0.05) is 22.1 Å². The number of furan rings is 1. The number of hydrogen-bond acceptors (Lipinski definition) is 2. The van der Waals surface area contributed by atoms with Gasteiger partial charge in [0.2, 0.25) is 0 Å². The molecule has 0 atom stereocenters. The molecule has 0 saturated heterocycles. The number of hydrogen-bond donors (Lipinski definition) is 0. The normalized spacial score (nSPS) is 11.4. The van der Waals surface area contributed by atoms with E-state index in [-0.39, 0.29) is 0 Å². The fourth-order valence-electron chi connectivity index (χ4n) is 8.66. The molecule has 0 unspecified atom stereocenters. The van der Waals surface area contributed by atoms with Gasteiger partial charge in [-0.1, -0.05) is 182 Å². The number of nitrogens with zero attached hydrogens (tertiary/aromatic N) is 1. The predicted molar refractivity (Wildman–Crippen MR) is 245 cm³/mol. The molecule has 2 heteroatoms. The van der Waals surface area contributed by atoms with Crippen molar-refractivity contribution in [2.75, 3.05) is 4.90 Å². The van der Waals surface area contributed by atoms with Crippen molar-refractivity contribution in [1.29, 1.82) is 0 Å². The van der Waals surface area contributed by atoms with Gasteiger partial charge in [0.05, 0.1) is 11.1 Å². The van der Waals surface area contributed by atoms with Gasteiger partial charge in [-0.05, 0) is 103 Å². The SMILES string of the molecule is c1ccc(-c2ccc(-c3ccc(N(c4ccc5ccccc5c4)c4cccc5oc6c7ccccc7c(-c7ccccc7-c7ccccc7)cc6c45)cc3)cc2)cc1. The quantitative estimate of drug-likeness (QED) is 0.162. The van der Waals surface area contributed by atoms with E-state index in [1.54, 1.807) is 0 Å². The first kappa shape index (κ1) is 33.6. The molecule has 11 rings (SSSR count). The average molecular weight is 740 g/mol. The lowest BCUT2D eigenvalue weighted by Crippen LogP contribution is -2.10. The molecule has 0 radical (unpaired) electrons. The highest BCUT2D eigenvalue weighted by molar-refractivity contribution is 6.23. The topological polar surface area (TPSA) is 16.4 Å². The van der Waals surface area contributed by atoms with Crippen LogP contribution in [-0.2, 0) is 0 Å². The van der Waals surface area contributed by atoms with Gasteiger partial charge in [0.1, 0.15) is 11.2 Å². The second-order valence-corrected chi connectivity index (χ2v) is 14.9. The summed E-state index contributed by atoms with van der Waals surface area (Å²) in [6, 6.07) is 80.6. The summed E-state index contributed by atoms with van der Waals surface area (Å²) < 4.78 is 6.90. The van der Waals surface area contributed by atoms with E-state index in [0.29, 0.717) is 0 Å². The summed E-state index contributed by atoms with van der Waals surface area (Å²) >= 11 is 0. The van der Waals surface area contributed by atoms with Crippen molar-refractivity contribution in [3.63, 3.8) is 0 Å². The maximum absolute atomic E-state index is 6.90. The molecular formula is C56H37NO. The standard InChI is InChI=1S/C56H37NO/c1-3-14-38(15-4-1)40-26-28-41(29-27-40)42-30-33-45(34-31-42)57(46-35-32-39-16-7-8-19-44(39)36-46)53-24-13-25-54-55(53)52-37-51(49-22-11-12-23-50(49)56(52)58-54)48-21-10-9-20-47(48)43-17-5-2-6-18-43/h1-37H. The van der Waals surface area contributed by atoms with Crippen molar-refractivity contribution < 1.29 is 4.42 Å². The van der Waals surface area contributed by atoms with Crippen molar-refractivity contribution in [1.82, 2.24) is 0 Å². The van der Waals surface area contributed by atoms with Crippen LogP contribution >= 0.6 is 0 Å². The third-order valence-corrected chi connectivity index (χ3v) is 11.5. The highest BCUT2D eigenvalue weighted by atomic mass is 16.3. The lowest BCUT2D eigenvalue weighted by molar-refractivity contribution is 0.672. The van der Waals surface area contributed by atoms with Crippen LogP contribution < -0.4 is 4.90 Å². The lowest BCUT2D eigenvalue weighted by Gasteiger charge is -2.27. The van der Waals surface area contributed by atoms with Crippen LogP contribution in [0.25, 0.3) is 88.0 Å². The first-order valence-corrected chi connectivity index (χ1v) is 19.8. The Morgan fingerprint density at radius 3 is 1.59 bits per heavy atom. The Bertz CT molecular complexity index is 3250. The van der Waals surface area contributed by atoms with Crippen molar-refractivity contribution in [3.05, 3.63) is 224 Å². The summed E-state index contributed by atoms with van der Waals surface area (Å²) in [6.45, 7) is 0. The van der Waals surface area contributed by atoms with Crippen LogP contribution in [-0.4, -0.2) is 0 Å². The zero-order valence-corrected chi connectivity index (χ0v) is 31.7. The van der Waals surface area contributed by atoms with E-state index in [1.807, 2.05) is 0 Å². The molecule has 0 spiro atoms. The van der Waals surface area contributed by atoms with Crippen LogP contribution in [0.5, 0.6) is 0 Å². The minimum atomic E-state index is 0.854. The van der Waals surface area contributed by atoms with Gasteiger partial charge >= 0.3 is 0 Å². The van der Waals surface area contributed by atoms with Crippen LogP contribution in [0.4, 0.5) is 17.1 Å². The Kier molecular flexibility index (Phi) is 8.19. The predicted octanol–water partition coefficient (Wildman–Crippen LogP) is 16.0. The molecule has 2 nitrogen and oxygen atoms in total. The lowest BCUT2D eigenvalue weighted by atomic mass is 9.90. The molecule has 0 aliphatic rings. The van der Waals surface area contributed by atoms with Crippen molar-refractivity contribution in [3.8, 4) is 44.5 Å². The minimum Gasteiger partial charge on any atom is -0.455 e. The zero-order valence-electron chi connectivity index (χ0n) is 31.7. The third kappa shape index (κ3) is 5.82. The van der Waals surface area contributed by atoms with Crippen LogP contribution in [0, 0.1) is 0 Å². The summed E-state index contributed by atoms with van der Waals surface area (Å²) in [7, 11) is 0. The van der Waals surface area contributed by atoms with E-state index >= 15 is 0 Å². The first-order valence-electron chi connectivity index (χ1n) is 19.8. The molecule has 1 aromatic heterocycles. The second kappa shape index (κ2) is 14.1. The summed E-state index contributed by atoms with van der Waals surface area (Å²) in [5, 5.41) is 6.83. The fourth-order valence-corrected chi connectivity index (χ4v) is 8.66. The molecule has 0 bridgehead atoms. The molecule has 1 heterocycles. The molecule has 272 valence electrons. The number of anilines is 3. The van der Waals surface area contributed by atoms with Crippen LogP contribution in [0.3, 0.4) is 0 Å². The Hall–Kier alpha value is -7.68. The first-order chi connectivity index (χ1) is 28.8. The smallest absolute Gasteiger partial charge is 0.143 e. The van der Waals surface area contributed by atoms with Gasteiger partial charge in [0.25, 0.3) is 0 Å². The van der Waals surface area contributed by atoms with Crippen LogP contribution in [0.15, 0.2) is 229 Å². The molecule has 10 aromatic carbocycles. The Morgan fingerprint density at radius 1 is 0.310 bits per heavy atom. The van der Waals surface area contributed by atoms with E-state index < -0.39 is 0 Å². The average Bonchev–Trinajstić information content (AvgIpc) is 3.69. The molecule has 11 aromatic rings. The van der Waals surface area contributed by atoms with Gasteiger partial charge in [-0.15, -0.1) is 0 Å². The van der Waals surface area contributed by atoms with Gasteiger partial charge < -0.3 is 9.32 Å².